The Balaban J connectivity index is 3.65. The molecular weight excluding hydrogens is 341 g/mol. The van der Waals surface area contributed by atoms with Gasteiger partial charge in [0.05, 0.1) is 5.30 Å². The van der Waals surface area contributed by atoms with Gasteiger partial charge in [-0.2, -0.15) is 22.0 Å². The Morgan fingerprint density at radius 3 is 1.67 bits per heavy atom. The minimum absolute atomic E-state index is 0.494. The standard InChI is InChI=1S/C10H5F10P/c1-3-4(12)6(14)7(15)8(5(3)13)21(2-11)10(19,20)9(16,17)18/h2H2,1H3. The molecule has 0 aliphatic heterocycles. The highest BCUT2D eigenvalue weighted by Gasteiger charge is 2.64. The van der Waals surface area contributed by atoms with Gasteiger partial charge in [0.1, 0.15) is 12.2 Å². The third-order valence-corrected chi connectivity index (χ3v) is 4.63. The van der Waals surface area contributed by atoms with Crippen molar-refractivity contribution in [1.82, 2.24) is 0 Å². The lowest BCUT2D eigenvalue weighted by Crippen LogP contribution is -2.39. The molecule has 0 aromatic heterocycles. The molecule has 1 aromatic carbocycles. The molecule has 0 aliphatic carbocycles. The first kappa shape index (κ1) is 18.0. The SMILES string of the molecule is Cc1c(F)c(F)c(F)c(P(CF)C(F)(F)C(F)(F)F)c1F. The van der Waals surface area contributed by atoms with Crippen LogP contribution in [-0.4, -0.2) is 18.3 Å². The Labute approximate surface area is 112 Å². The van der Waals surface area contributed by atoms with Gasteiger partial charge in [0.25, 0.3) is 0 Å². The first-order valence-corrected chi connectivity index (χ1v) is 6.51. The molecule has 0 radical (unpaired) electrons. The largest absolute Gasteiger partial charge is 0.457 e. The van der Waals surface area contributed by atoms with Crippen molar-refractivity contribution < 1.29 is 43.9 Å². The van der Waals surface area contributed by atoms with Crippen molar-refractivity contribution in [3.05, 3.63) is 28.8 Å². The molecule has 1 aromatic rings. The lowest BCUT2D eigenvalue weighted by molar-refractivity contribution is -0.240. The first-order valence-electron chi connectivity index (χ1n) is 4.98. The van der Waals surface area contributed by atoms with Gasteiger partial charge in [-0.25, -0.2) is 22.0 Å². The minimum atomic E-state index is -6.30. The number of halogens is 10. The van der Waals surface area contributed by atoms with E-state index in [-0.39, 0.29) is 0 Å². The van der Waals surface area contributed by atoms with Crippen LogP contribution >= 0.6 is 7.92 Å². The maximum atomic E-state index is 13.6. The first-order chi connectivity index (χ1) is 9.37. The Hall–Kier alpha value is -1.05. The highest BCUT2D eigenvalue weighted by molar-refractivity contribution is 7.66. The maximum absolute atomic E-state index is 13.6. The van der Waals surface area contributed by atoms with Crippen molar-refractivity contribution in [1.29, 1.82) is 0 Å². The van der Waals surface area contributed by atoms with Gasteiger partial charge in [0, 0.05) is 13.5 Å². The fraction of sp³-hybridized carbons (Fsp3) is 0.400. The van der Waals surface area contributed by atoms with Crippen LogP contribution in [-0.2, 0) is 0 Å². The van der Waals surface area contributed by atoms with Crippen molar-refractivity contribution in [2.45, 2.75) is 18.8 Å². The van der Waals surface area contributed by atoms with Crippen LogP contribution in [0.3, 0.4) is 0 Å². The van der Waals surface area contributed by atoms with Gasteiger partial charge in [-0.3, -0.25) is 0 Å². The molecule has 0 spiro atoms. The molecule has 0 heterocycles. The van der Waals surface area contributed by atoms with Crippen LogP contribution in [0.15, 0.2) is 0 Å². The molecule has 0 bridgehead atoms. The molecule has 1 rings (SSSR count). The van der Waals surface area contributed by atoms with E-state index in [1.54, 1.807) is 0 Å². The fourth-order valence-corrected chi connectivity index (χ4v) is 3.00. The topological polar surface area (TPSA) is 0 Å². The summed E-state index contributed by atoms with van der Waals surface area (Å²) in [6.45, 7) is 0.494. The molecule has 21 heavy (non-hydrogen) atoms. The van der Waals surface area contributed by atoms with Crippen LogP contribution in [0, 0.1) is 30.2 Å². The predicted molar refractivity (Wildman–Crippen MR) is 54.5 cm³/mol. The van der Waals surface area contributed by atoms with Crippen molar-refractivity contribution in [2.24, 2.45) is 0 Å². The molecule has 0 saturated carbocycles. The van der Waals surface area contributed by atoms with E-state index in [9.17, 15) is 43.9 Å². The van der Waals surface area contributed by atoms with E-state index in [1.807, 2.05) is 0 Å². The van der Waals surface area contributed by atoms with Gasteiger partial charge < -0.3 is 0 Å². The normalized spacial score (nSPS) is 14.4. The van der Waals surface area contributed by atoms with Gasteiger partial charge >= 0.3 is 11.8 Å². The third kappa shape index (κ3) is 2.82. The van der Waals surface area contributed by atoms with E-state index >= 15 is 0 Å². The van der Waals surface area contributed by atoms with E-state index in [2.05, 4.69) is 0 Å². The molecule has 1 unspecified atom stereocenters. The monoisotopic (exact) mass is 346 g/mol. The Bertz CT molecular complexity index is 521. The summed E-state index contributed by atoms with van der Waals surface area (Å²) >= 11 is 0. The Kier molecular flexibility index (Phi) is 4.82. The van der Waals surface area contributed by atoms with Crippen LogP contribution in [0.1, 0.15) is 5.56 Å². The maximum Gasteiger partial charge on any atom is 0.457 e. The summed E-state index contributed by atoms with van der Waals surface area (Å²) in [5, 5.41) is -2.12. The van der Waals surface area contributed by atoms with Crippen molar-refractivity contribution in [3.63, 3.8) is 0 Å². The van der Waals surface area contributed by atoms with E-state index in [0.717, 1.165) is 0 Å². The molecule has 0 N–H and O–H groups in total. The van der Waals surface area contributed by atoms with Crippen LogP contribution in [0.2, 0.25) is 0 Å². The average Bonchev–Trinajstić information content (AvgIpc) is 2.37. The summed E-state index contributed by atoms with van der Waals surface area (Å²) in [7, 11) is -4.45. The molecule has 120 valence electrons. The lowest BCUT2D eigenvalue weighted by atomic mass is 10.2. The van der Waals surface area contributed by atoms with Gasteiger partial charge in [0.2, 0.25) is 0 Å². The summed E-state index contributed by atoms with van der Waals surface area (Å²) in [5.74, 6) is -9.29. The number of rotatable bonds is 3. The molecular formula is C10H5F10P. The summed E-state index contributed by atoms with van der Waals surface area (Å²) < 4.78 is 128. The van der Waals surface area contributed by atoms with Gasteiger partial charge in [-0.05, 0) is 6.92 Å². The van der Waals surface area contributed by atoms with Crippen LogP contribution in [0.25, 0.3) is 0 Å². The van der Waals surface area contributed by atoms with Gasteiger partial charge in [-0.15, -0.1) is 0 Å². The molecule has 0 aliphatic rings. The predicted octanol–water partition coefficient (Wildman–Crippen LogP) is 4.74. The summed E-state index contributed by atoms with van der Waals surface area (Å²) in [5.41, 5.74) is -7.13. The fourth-order valence-electron chi connectivity index (χ4n) is 1.40. The average molecular weight is 346 g/mol. The van der Waals surface area contributed by atoms with Crippen molar-refractivity contribution in [3.8, 4) is 0 Å². The zero-order valence-corrected chi connectivity index (χ0v) is 10.8. The highest BCUT2D eigenvalue weighted by atomic mass is 31.1. The number of hydrogen-bond acceptors (Lipinski definition) is 0. The van der Waals surface area contributed by atoms with E-state index in [1.165, 1.54) is 0 Å². The van der Waals surface area contributed by atoms with E-state index in [0.29, 0.717) is 6.92 Å². The number of benzene rings is 1. The second kappa shape index (κ2) is 5.62. The third-order valence-electron chi connectivity index (χ3n) is 2.53. The summed E-state index contributed by atoms with van der Waals surface area (Å²) in [6, 6.07) is 0. The van der Waals surface area contributed by atoms with Crippen LogP contribution < -0.4 is 5.30 Å². The second-order valence-corrected chi connectivity index (χ2v) is 5.92. The second-order valence-electron chi connectivity index (χ2n) is 3.82. The molecule has 0 fully saturated rings. The van der Waals surface area contributed by atoms with E-state index < -0.39 is 60.3 Å². The molecule has 0 saturated heterocycles. The molecule has 0 nitrogen and oxygen atoms in total. The number of hydrogen-bond donors (Lipinski definition) is 0. The highest BCUT2D eigenvalue weighted by Crippen LogP contribution is 2.59. The Morgan fingerprint density at radius 2 is 1.29 bits per heavy atom. The van der Waals surface area contributed by atoms with Gasteiger partial charge in [-0.1, -0.05) is 0 Å². The zero-order valence-electron chi connectivity index (χ0n) is 9.93. The van der Waals surface area contributed by atoms with Crippen molar-refractivity contribution >= 4 is 13.2 Å². The number of alkyl halides is 6. The minimum Gasteiger partial charge on any atom is -0.246 e. The van der Waals surface area contributed by atoms with Crippen LogP contribution in [0.5, 0.6) is 0 Å². The van der Waals surface area contributed by atoms with E-state index in [4.69, 9.17) is 0 Å². The summed E-state index contributed by atoms with van der Waals surface area (Å²) in [4.78, 5) is 0. The smallest absolute Gasteiger partial charge is 0.246 e. The molecule has 0 amide bonds. The summed E-state index contributed by atoms with van der Waals surface area (Å²) in [6.07, 6.45) is -8.78. The quantitative estimate of drug-likeness (QED) is 0.321. The van der Waals surface area contributed by atoms with Gasteiger partial charge in [0.15, 0.2) is 17.5 Å². The molecule has 1 atom stereocenters. The lowest BCUT2D eigenvalue weighted by Gasteiger charge is -2.28. The molecule has 11 heteroatoms. The van der Waals surface area contributed by atoms with Crippen molar-refractivity contribution in [2.75, 3.05) is 6.42 Å². The Morgan fingerprint density at radius 1 is 0.810 bits per heavy atom. The van der Waals surface area contributed by atoms with Crippen LogP contribution in [0.4, 0.5) is 43.9 Å². The zero-order chi connectivity index (χ0) is 16.7.